The number of benzene rings is 1. The average molecular weight is 366 g/mol. The first-order valence-corrected chi connectivity index (χ1v) is 9.09. The Morgan fingerprint density at radius 3 is 2.92 bits per heavy atom. The summed E-state index contributed by atoms with van der Waals surface area (Å²) in [7, 11) is 3.72. The number of thiazole rings is 1. The Hall–Kier alpha value is -2.77. The van der Waals surface area contributed by atoms with Crippen molar-refractivity contribution >= 4 is 28.2 Å². The molecule has 0 aliphatic carbocycles. The number of amides is 1. The summed E-state index contributed by atoms with van der Waals surface area (Å²) >= 11 is 1.41. The van der Waals surface area contributed by atoms with Crippen LogP contribution < -0.4 is 10.2 Å². The summed E-state index contributed by atoms with van der Waals surface area (Å²) in [4.78, 5) is 23.2. The summed E-state index contributed by atoms with van der Waals surface area (Å²) in [6, 6.07) is 9.73. The first kappa shape index (κ1) is 16.7. The molecule has 0 bridgehead atoms. The first-order valence-electron chi connectivity index (χ1n) is 8.21. The Balaban J connectivity index is 1.55. The molecule has 26 heavy (non-hydrogen) atoms. The van der Waals surface area contributed by atoms with E-state index in [1.54, 1.807) is 18.3 Å². The first-order chi connectivity index (χ1) is 12.6. The summed E-state index contributed by atoms with van der Waals surface area (Å²) < 4.78 is 5.46. The zero-order chi connectivity index (χ0) is 18.1. The standard InChI is InChI=1S/C19H18N4O2S/c1-23(2)17-15(4-3-7-20-17)18(24)22-19-21-16(11-26-19)12-5-6-13-9-25-10-14(13)8-12/h3-8,11H,9-10H2,1-2H3,(H,21,22,24). The van der Waals surface area contributed by atoms with Crippen molar-refractivity contribution in [3.63, 3.8) is 0 Å². The van der Waals surface area contributed by atoms with E-state index in [0.29, 0.717) is 29.7 Å². The molecule has 1 aliphatic heterocycles. The molecule has 0 unspecified atom stereocenters. The van der Waals surface area contributed by atoms with Crippen LogP contribution in [-0.2, 0) is 18.0 Å². The van der Waals surface area contributed by atoms with Gasteiger partial charge >= 0.3 is 0 Å². The molecule has 4 rings (SSSR count). The van der Waals surface area contributed by atoms with Crippen molar-refractivity contribution in [1.82, 2.24) is 9.97 Å². The molecule has 1 N–H and O–H groups in total. The molecule has 0 atom stereocenters. The highest BCUT2D eigenvalue weighted by molar-refractivity contribution is 7.14. The zero-order valence-electron chi connectivity index (χ0n) is 14.5. The lowest BCUT2D eigenvalue weighted by Gasteiger charge is -2.14. The van der Waals surface area contributed by atoms with Gasteiger partial charge in [0.25, 0.3) is 5.91 Å². The van der Waals surface area contributed by atoms with Crippen molar-refractivity contribution in [2.45, 2.75) is 13.2 Å². The number of aromatic nitrogens is 2. The molecule has 2 aromatic heterocycles. The molecule has 0 fully saturated rings. The van der Waals surface area contributed by atoms with Crippen LogP contribution in [0.15, 0.2) is 41.9 Å². The van der Waals surface area contributed by atoms with Crippen LogP contribution in [0, 0.1) is 0 Å². The lowest BCUT2D eigenvalue weighted by molar-refractivity contribution is 0.102. The number of hydrogen-bond acceptors (Lipinski definition) is 6. The summed E-state index contributed by atoms with van der Waals surface area (Å²) in [5, 5.41) is 5.39. The molecule has 0 saturated carbocycles. The van der Waals surface area contributed by atoms with E-state index < -0.39 is 0 Å². The Kier molecular flexibility index (Phi) is 4.40. The lowest BCUT2D eigenvalue weighted by atomic mass is 10.1. The minimum absolute atomic E-state index is 0.218. The van der Waals surface area contributed by atoms with E-state index in [4.69, 9.17) is 4.74 Å². The fraction of sp³-hybridized carbons (Fsp3) is 0.211. The second-order valence-electron chi connectivity index (χ2n) is 6.24. The van der Waals surface area contributed by atoms with Gasteiger partial charge in [-0.05, 0) is 29.3 Å². The van der Waals surface area contributed by atoms with Gasteiger partial charge in [-0.15, -0.1) is 11.3 Å². The summed E-state index contributed by atoms with van der Waals surface area (Å²) in [6.07, 6.45) is 1.67. The molecule has 7 heteroatoms. The van der Waals surface area contributed by atoms with Gasteiger partial charge in [0.15, 0.2) is 5.13 Å². The number of pyridine rings is 1. The number of ether oxygens (including phenoxy) is 1. The molecule has 1 aromatic carbocycles. The minimum Gasteiger partial charge on any atom is -0.372 e. The second kappa shape index (κ2) is 6.86. The normalized spacial score (nSPS) is 12.7. The predicted molar refractivity (Wildman–Crippen MR) is 103 cm³/mol. The van der Waals surface area contributed by atoms with Crippen molar-refractivity contribution in [2.24, 2.45) is 0 Å². The number of hydrogen-bond donors (Lipinski definition) is 1. The Morgan fingerprint density at radius 1 is 1.23 bits per heavy atom. The smallest absolute Gasteiger partial charge is 0.261 e. The number of rotatable bonds is 4. The molecule has 0 spiro atoms. The topological polar surface area (TPSA) is 67.4 Å². The molecule has 0 saturated heterocycles. The quantitative estimate of drug-likeness (QED) is 0.765. The van der Waals surface area contributed by atoms with Crippen LogP contribution in [0.4, 0.5) is 10.9 Å². The van der Waals surface area contributed by atoms with E-state index in [1.165, 1.54) is 22.5 Å². The molecule has 1 aliphatic rings. The number of carbonyl (C=O) groups is 1. The molecule has 1 amide bonds. The van der Waals surface area contributed by atoms with E-state index in [9.17, 15) is 4.79 Å². The number of fused-ring (bicyclic) bond motifs is 1. The maximum absolute atomic E-state index is 12.6. The van der Waals surface area contributed by atoms with E-state index >= 15 is 0 Å². The molecule has 6 nitrogen and oxygen atoms in total. The van der Waals surface area contributed by atoms with Gasteiger partial charge < -0.3 is 9.64 Å². The van der Waals surface area contributed by atoms with Crippen molar-refractivity contribution in [3.05, 3.63) is 58.6 Å². The average Bonchev–Trinajstić information content (AvgIpc) is 3.30. The molecular formula is C19H18N4O2S. The highest BCUT2D eigenvalue weighted by Gasteiger charge is 2.17. The summed E-state index contributed by atoms with van der Waals surface area (Å²) in [6.45, 7) is 1.32. The van der Waals surface area contributed by atoms with Gasteiger partial charge in [-0.25, -0.2) is 9.97 Å². The van der Waals surface area contributed by atoms with Gasteiger partial charge in [0, 0.05) is 31.2 Å². The van der Waals surface area contributed by atoms with E-state index in [1.807, 2.05) is 30.4 Å². The third kappa shape index (κ3) is 3.18. The summed E-state index contributed by atoms with van der Waals surface area (Å²) in [5.41, 5.74) is 4.82. The third-order valence-corrected chi connectivity index (χ3v) is 4.95. The molecule has 3 heterocycles. The van der Waals surface area contributed by atoms with E-state index in [0.717, 1.165) is 11.3 Å². The second-order valence-corrected chi connectivity index (χ2v) is 7.10. The minimum atomic E-state index is -0.218. The molecule has 3 aromatic rings. The van der Waals surface area contributed by atoms with Gasteiger partial charge in [0.1, 0.15) is 5.82 Å². The van der Waals surface area contributed by atoms with Crippen molar-refractivity contribution in [3.8, 4) is 11.3 Å². The van der Waals surface area contributed by atoms with Crippen LogP contribution in [0.25, 0.3) is 11.3 Å². The number of nitrogens with one attached hydrogen (secondary N) is 1. The number of anilines is 2. The van der Waals surface area contributed by atoms with Crippen molar-refractivity contribution < 1.29 is 9.53 Å². The largest absolute Gasteiger partial charge is 0.372 e. The third-order valence-electron chi connectivity index (χ3n) is 4.20. The SMILES string of the molecule is CN(C)c1ncccc1C(=O)Nc1nc(-c2ccc3c(c2)COC3)cs1. The van der Waals surface area contributed by atoms with Gasteiger partial charge in [-0.1, -0.05) is 12.1 Å². The van der Waals surface area contributed by atoms with Gasteiger partial charge in [0.2, 0.25) is 0 Å². The Bertz CT molecular complexity index is 968. The van der Waals surface area contributed by atoms with Crippen LogP contribution in [0.1, 0.15) is 21.5 Å². The van der Waals surface area contributed by atoms with Crippen LogP contribution in [-0.4, -0.2) is 30.0 Å². The van der Waals surface area contributed by atoms with E-state index in [2.05, 4.69) is 27.4 Å². The monoisotopic (exact) mass is 366 g/mol. The highest BCUT2D eigenvalue weighted by atomic mass is 32.1. The Labute approximate surface area is 155 Å². The summed E-state index contributed by atoms with van der Waals surface area (Å²) in [5.74, 6) is 0.408. The van der Waals surface area contributed by atoms with Crippen molar-refractivity contribution in [1.29, 1.82) is 0 Å². The number of nitrogens with zero attached hydrogens (tertiary/aromatic N) is 3. The van der Waals surface area contributed by atoms with Crippen LogP contribution >= 0.6 is 11.3 Å². The van der Waals surface area contributed by atoms with Crippen molar-refractivity contribution in [2.75, 3.05) is 24.3 Å². The van der Waals surface area contributed by atoms with Crippen LogP contribution in [0.2, 0.25) is 0 Å². The highest BCUT2D eigenvalue weighted by Crippen LogP contribution is 2.29. The van der Waals surface area contributed by atoms with E-state index in [-0.39, 0.29) is 5.91 Å². The van der Waals surface area contributed by atoms with Gasteiger partial charge in [0.05, 0.1) is 24.5 Å². The maximum atomic E-state index is 12.6. The Morgan fingerprint density at radius 2 is 2.08 bits per heavy atom. The van der Waals surface area contributed by atoms with Gasteiger partial charge in [-0.2, -0.15) is 0 Å². The number of carbonyl (C=O) groups excluding carboxylic acids is 1. The van der Waals surface area contributed by atoms with Crippen LogP contribution in [0.3, 0.4) is 0 Å². The fourth-order valence-corrected chi connectivity index (χ4v) is 3.60. The zero-order valence-corrected chi connectivity index (χ0v) is 15.3. The maximum Gasteiger partial charge on any atom is 0.261 e. The van der Waals surface area contributed by atoms with Crippen LogP contribution in [0.5, 0.6) is 0 Å². The predicted octanol–water partition coefficient (Wildman–Crippen LogP) is 3.55. The lowest BCUT2D eigenvalue weighted by Crippen LogP contribution is -2.19. The molecular weight excluding hydrogens is 348 g/mol. The molecule has 0 radical (unpaired) electrons. The fourth-order valence-electron chi connectivity index (χ4n) is 2.89. The molecule has 132 valence electrons. The van der Waals surface area contributed by atoms with Gasteiger partial charge in [-0.3, -0.25) is 10.1 Å².